The Kier molecular flexibility index (Phi) is 8.28. The van der Waals surface area contributed by atoms with Gasteiger partial charge in [-0.05, 0) is 76.5 Å². The summed E-state index contributed by atoms with van der Waals surface area (Å²) < 4.78 is 9.15. The number of hydrogen-bond acceptors (Lipinski definition) is 6. The van der Waals surface area contributed by atoms with Crippen LogP contribution in [-0.4, -0.2) is 15.0 Å². The molecule has 0 atom stereocenters. The summed E-state index contributed by atoms with van der Waals surface area (Å²) >= 11 is 1.79. The van der Waals surface area contributed by atoms with E-state index in [2.05, 4.69) is 181 Å². The molecule has 0 aliphatic rings. The molecule has 6 heteroatoms. The topological polar surface area (TPSA) is 55.1 Å². The Morgan fingerprint density at radius 2 is 1.00 bits per heavy atom. The second-order valence-corrected chi connectivity index (χ2v) is 16.3. The van der Waals surface area contributed by atoms with Crippen LogP contribution in [0.3, 0.4) is 0 Å². The normalized spacial score (nSPS) is 11.6. The number of furan rings is 1. The monoisotopic (exact) mass is 798 g/mol. The van der Waals surface area contributed by atoms with Gasteiger partial charge in [0, 0.05) is 65.1 Å². The molecular weight excluding hydrogens is 765 g/mol. The van der Waals surface area contributed by atoms with Crippen molar-refractivity contribution in [3.8, 4) is 45.3 Å². The summed E-state index contributed by atoms with van der Waals surface area (Å²) in [6.07, 6.45) is 0. The third-order valence-corrected chi connectivity index (χ3v) is 12.6. The molecule has 0 spiro atoms. The van der Waals surface area contributed by atoms with Crippen LogP contribution in [0.25, 0.3) is 98.2 Å². The van der Waals surface area contributed by atoms with Crippen molar-refractivity contribution in [2.75, 3.05) is 4.90 Å². The van der Waals surface area contributed by atoms with Crippen molar-refractivity contribution in [1.29, 1.82) is 0 Å². The van der Waals surface area contributed by atoms with Crippen molar-refractivity contribution >= 4 is 81.3 Å². The van der Waals surface area contributed by atoms with Gasteiger partial charge in [0.15, 0.2) is 17.5 Å². The highest BCUT2D eigenvalue weighted by Crippen LogP contribution is 2.45. The number of hydrogen-bond donors (Lipinski definition) is 0. The molecule has 9 aromatic carbocycles. The zero-order valence-corrected chi connectivity index (χ0v) is 33.6. The average molecular weight is 799 g/mol. The molecule has 0 fully saturated rings. The molecule has 12 aromatic rings. The van der Waals surface area contributed by atoms with Crippen LogP contribution in [0.5, 0.6) is 0 Å². The van der Waals surface area contributed by atoms with Gasteiger partial charge in [0.05, 0.1) is 5.69 Å². The van der Waals surface area contributed by atoms with E-state index < -0.39 is 0 Å². The fraction of sp³-hybridized carbons (Fsp3) is 0. The van der Waals surface area contributed by atoms with Crippen molar-refractivity contribution in [3.63, 3.8) is 0 Å². The smallest absolute Gasteiger partial charge is 0.164 e. The lowest BCUT2D eigenvalue weighted by Crippen LogP contribution is -2.10. The summed E-state index contributed by atoms with van der Waals surface area (Å²) in [6.45, 7) is 0. The molecular formula is C55H34N4OS. The van der Waals surface area contributed by atoms with Gasteiger partial charge < -0.3 is 9.32 Å². The molecule has 12 rings (SSSR count). The predicted octanol–water partition coefficient (Wildman–Crippen LogP) is 15.4. The minimum Gasteiger partial charge on any atom is -0.456 e. The van der Waals surface area contributed by atoms with Crippen LogP contribution < -0.4 is 4.90 Å². The lowest BCUT2D eigenvalue weighted by Gasteiger charge is -2.26. The summed E-state index contributed by atoms with van der Waals surface area (Å²) in [5.41, 5.74) is 9.63. The molecule has 5 nitrogen and oxygen atoms in total. The zero-order valence-electron chi connectivity index (χ0n) is 32.7. The molecule has 3 aromatic heterocycles. The highest BCUT2D eigenvalue weighted by Gasteiger charge is 2.23. The third kappa shape index (κ3) is 6.12. The minimum atomic E-state index is 0.568. The molecule has 3 heterocycles. The second-order valence-electron chi connectivity index (χ2n) is 15.2. The Balaban J connectivity index is 1.11. The van der Waals surface area contributed by atoms with E-state index in [0.29, 0.717) is 17.5 Å². The lowest BCUT2D eigenvalue weighted by molar-refractivity contribution is 0.669. The van der Waals surface area contributed by atoms with E-state index in [4.69, 9.17) is 19.4 Å². The number of benzene rings is 9. The van der Waals surface area contributed by atoms with E-state index in [9.17, 15) is 0 Å². The maximum absolute atomic E-state index is 6.73. The number of rotatable bonds is 7. The first kappa shape index (κ1) is 35.1. The van der Waals surface area contributed by atoms with Gasteiger partial charge in [-0.3, -0.25) is 0 Å². The summed E-state index contributed by atoms with van der Waals surface area (Å²) in [5, 5.41) is 6.61. The van der Waals surface area contributed by atoms with Crippen LogP contribution >= 0.6 is 11.3 Å². The SMILES string of the molecule is c1ccc(-c2ccc3cc(N(c4ccccc4)c4cc(-c5nc(-c6ccccc6)nc(-c6cccc7sc8ccccc8c67)n5)c5c(c4)oc4ccccc45)ccc3c2)cc1. The second kappa shape index (κ2) is 14.4. The standard InChI is InChI=1S/C55H34N4OS/c1-4-15-35(16-5-1)37-27-28-39-32-41(30-29-38(39)31-37)59(40-19-8-3-9-20-40)42-33-46(51-43-21-10-12-24-47(43)60-48(51)34-42)55-57-53(36-17-6-2-7-18-36)56-54(58-55)45-23-14-26-50-52(45)44-22-11-13-25-49(44)61-50/h1-34H. The van der Waals surface area contributed by atoms with E-state index in [1.807, 2.05) is 30.3 Å². The maximum Gasteiger partial charge on any atom is 0.164 e. The lowest BCUT2D eigenvalue weighted by atomic mass is 10.00. The Bertz CT molecular complexity index is 3600. The molecule has 0 bridgehead atoms. The van der Waals surface area contributed by atoms with Crippen molar-refractivity contribution in [1.82, 2.24) is 15.0 Å². The summed E-state index contributed by atoms with van der Waals surface area (Å²) in [4.78, 5) is 18.2. The quantitative estimate of drug-likeness (QED) is 0.161. The van der Waals surface area contributed by atoms with Gasteiger partial charge in [0.1, 0.15) is 11.2 Å². The molecule has 0 N–H and O–H groups in total. The van der Waals surface area contributed by atoms with Gasteiger partial charge >= 0.3 is 0 Å². The van der Waals surface area contributed by atoms with E-state index >= 15 is 0 Å². The van der Waals surface area contributed by atoms with E-state index in [-0.39, 0.29) is 0 Å². The van der Waals surface area contributed by atoms with Gasteiger partial charge in [-0.25, -0.2) is 15.0 Å². The van der Waals surface area contributed by atoms with Crippen LogP contribution in [0, 0.1) is 0 Å². The Hall–Kier alpha value is -7.93. The summed E-state index contributed by atoms with van der Waals surface area (Å²) in [6, 6.07) is 72.1. The number of para-hydroxylation sites is 2. The Morgan fingerprint density at radius 1 is 0.361 bits per heavy atom. The average Bonchev–Trinajstić information content (AvgIpc) is 3.91. The van der Waals surface area contributed by atoms with Crippen molar-refractivity contribution in [2.45, 2.75) is 0 Å². The molecule has 0 saturated carbocycles. The zero-order chi connectivity index (χ0) is 40.3. The molecule has 286 valence electrons. The first-order valence-corrected chi connectivity index (χ1v) is 21.2. The fourth-order valence-corrected chi connectivity index (χ4v) is 9.78. The molecule has 0 aliphatic heterocycles. The van der Waals surface area contributed by atoms with Crippen LogP contribution in [0.1, 0.15) is 0 Å². The summed E-state index contributed by atoms with van der Waals surface area (Å²) in [5.74, 6) is 1.79. The number of aromatic nitrogens is 3. The van der Waals surface area contributed by atoms with E-state index in [1.54, 1.807) is 11.3 Å². The fourth-order valence-electron chi connectivity index (χ4n) is 8.65. The number of thiophene rings is 1. The summed E-state index contributed by atoms with van der Waals surface area (Å²) in [7, 11) is 0. The number of fused-ring (bicyclic) bond motifs is 7. The Labute approximate surface area is 355 Å². The Morgan fingerprint density at radius 3 is 1.82 bits per heavy atom. The minimum absolute atomic E-state index is 0.568. The highest BCUT2D eigenvalue weighted by molar-refractivity contribution is 7.25. The largest absolute Gasteiger partial charge is 0.456 e. The first-order chi connectivity index (χ1) is 30.2. The number of anilines is 3. The molecule has 0 aliphatic carbocycles. The third-order valence-electron chi connectivity index (χ3n) is 11.5. The van der Waals surface area contributed by atoms with Gasteiger partial charge in [0.2, 0.25) is 0 Å². The van der Waals surface area contributed by atoms with Crippen LogP contribution in [0.15, 0.2) is 211 Å². The van der Waals surface area contributed by atoms with E-state index in [1.165, 1.54) is 31.3 Å². The first-order valence-electron chi connectivity index (χ1n) is 20.3. The maximum atomic E-state index is 6.73. The van der Waals surface area contributed by atoms with Crippen LogP contribution in [0.2, 0.25) is 0 Å². The van der Waals surface area contributed by atoms with Crippen molar-refractivity contribution in [2.24, 2.45) is 0 Å². The molecule has 61 heavy (non-hydrogen) atoms. The molecule has 0 radical (unpaired) electrons. The molecule has 0 amide bonds. The van der Waals surface area contributed by atoms with Crippen LogP contribution in [-0.2, 0) is 0 Å². The predicted molar refractivity (Wildman–Crippen MR) is 254 cm³/mol. The van der Waals surface area contributed by atoms with Crippen molar-refractivity contribution in [3.05, 3.63) is 206 Å². The number of nitrogens with zero attached hydrogens (tertiary/aromatic N) is 4. The van der Waals surface area contributed by atoms with Gasteiger partial charge in [-0.2, -0.15) is 0 Å². The van der Waals surface area contributed by atoms with E-state index in [0.717, 1.165) is 66.5 Å². The van der Waals surface area contributed by atoms with Gasteiger partial charge in [-0.15, -0.1) is 11.3 Å². The van der Waals surface area contributed by atoms with Crippen molar-refractivity contribution < 1.29 is 4.42 Å². The molecule has 0 saturated heterocycles. The van der Waals surface area contributed by atoms with Crippen LogP contribution in [0.4, 0.5) is 17.1 Å². The van der Waals surface area contributed by atoms with Gasteiger partial charge in [0.25, 0.3) is 0 Å². The van der Waals surface area contributed by atoms with Gasteiger partial charge in [-0.1, -0.05) is 146 Å². The molecule has 0 unspecified atom stereocenters. The highest BCUT2D eigenvalue weighted by atomic mass is 32.1.